The number of methoxy groups -OCH3 is 1. The Labute approximate surface area is 148 Å². The molecule has 10 heteroatoms. The highest BCUT2D eigenvalue weighted by Crippen LogP contribution is 2.36. The average molecular weight is 388 g/mol. The van der Waals surface area contributed by atoms with Gasteiger partial charge in [0.05, 0.1) is 23.3 Å². The highest BCUT2D eigenvalue weighted by molar-refractivity contribution is 7.93. The first kappa shape index (κ1) is 19.6. The zero-order valence-corrected chi connectivity index (χ0v) is 14.3. The number of carbonyl (C=O) groups is 1. The summed E-state index contributed by atoms with van der Waals surface area (Å²) in [6.45, 7) is -0.819. The van der Waals surface area contributed by atoms with Gasteiger partial charge in [0.15, 0.2) is 0 Å². The third kappa shape index (κ3) is 4.07. The van der Waals surface area contributed by atoms with E-state index in [2.05, 4.69) is 0 Å². The lowest BCUT2D eigenvalue weighted by Crippen LogP contribution is -2.39. The van der Waals surface area contributed by atoms with Gasteiger partial charge in [0.25, 0.3) is 10.0 Å². The van der Waals surface area contributed by atoms with Crippen LogP contribution in [0.3, 0.4) is 0 Å². The lowest BCUT2D eigenvalue weighted by Gasteiger charge is -2.25. The Kier molecular flexibility index (Phi) is 5.45. The van der Waals surface area contributed by atoms with Gasteiger partial charge in [-0.3, -0.25) is 9.10 Å². The Morgan fingerprint density at radius 3 is 2.19 bits per heavy atom. The summed E-state index contributed by atoms with van der Waals surface area (Å²) in [6.07, 6.45) is -4.89. The van der Waals surface area contributed by atoms with E-state index in [9.17, 15) is 26.4 Å². The second-order valence-electron chi connectivity index (χ2n) is 5.17. The molecule has 0 saturated carbocycles. The van der Waals surface area contributed by atoms with Crippen molar-refractivity contribution in [1.82, 2.24) is 0 Å². The summed E-state index contributed by atoms with van der Waals surface area (Å²) >= 11 is 0. The van der Waals surface area contributed by atoms with Gasteiger partial charge in [-0.25, -0.2) is 8.42 Å². The molecule has 0 bridgehead atoms. The van der Waals surface area contributed by atoms with E-state index in [1.165, 1.54) is 37.4 Å². The molecular weight excluding hydrogens is 373 g/mol. The first-order chi connectivity index (χ1) is 12.1. The molecule has 0 atom stereocenters. The van der Waals surface area contributed by atoms with Crippen molar-refractivity contribution in [2.75, 3.05) is 18.0 Å². The largest absolute Gasteiger partial charge is 0.497 e. The molecule has 26 heavy (non-hydrogen) atoms. The van der Waals surface area contributed by atoms with Gasteiger partial charge in [0.2, 0.25) is 5.91 Å². The summed E-state index contributed by atoms with van der Waals surface area (Å²) < 4.78 is 70.9. The number of nitrogens with two attached hydrogens (primary N) is 1. The fraction of sp³-hybridized carbons (Fsp3) is 0.188. The molecule has 0 spiro atoms. The number of ether oxygens (including phenoxy) is 1. The Bertz CT molecular complexity index is 896. The molecule has 2 aromatic carbocycles. The van der Waals surface area contributed by atoms with Crippen LogP contribution < -0.4 is 14.8 Å². The van der Waals surface area contributed by atoms with Gasteiger partial charge in [-0.1, -0.05) is 12.1 Å². The molecule has 1 amide bonds. The molecule has 0 aromatic heterocycles. The predicted octanol–water partition coefficient (Wildman–Crippen LogP) is 2.39. The van der Waals surface area contributed by atoms with E-state index in [0.717, 1.165) is 12.1 Å². The summed E-state index contributed by atoms with van der Waals surface area (Å²) in [5, 5.41) is 0. The molecule has 6 nitrogen and oxygen atoms in total. The third-order valence-corrected chi connectivity index (χ3v) is 5.25. The zero-order chi connectivity index (χ0) is 19.5. The van der Waals surface area contributed by atoms with E-state index in [0.29, 0.717) is 16.1 Å². The van der Waals surface area contributed by atoms with Crippen LogP contribution in [-0.2, 0) is 21.0 Å². The van der Waals surface area contributed by atoms with Gasteiger partial charge in [-0.15, -0.1) is 0 Å². The van der Waals surface area contributed by atoms with Gasteiger partial charge < -0.3 is 10.5 Å². The van der Waals surface area contributed by atoms with Gasteiger partial charge in [0.1, 0.15) is 12.3 Å². The quantitative estimate of drug-likeness (QED) is 0.823. The molecule has 0 heterocycles. The zero-order valence-electron chi connectivity index (χ0n) is 13.5. The molecule has 0 aliphatic heterocycles. The number of hydrogen-bond donors (Lipinski definition) is 1. The van der Waals surface area contributed by atoms with Crippen LogP contribution in [0.5, 0.6) is 5.75 Å². The summed E-state index contributed by atoms with van der Waals surface area (Å²) in [5.41, 5.74) is 3.74. The van der Waals surface area contributed by atoms with Crippen LogP contribution in [0, 0.1) is 0 Å². The number of anilines is 1. The van der Waals surface area contributed by atoms with Gasteiger partial charge >= 0.3 is 6.18 Å². The van der Waals surface area contributed by atoms with Crippen molar-refractivity contribution in [3.8, 4) is 5.75 Å². The van der Waals surface area contributed by atoms with Gasteiger partial charge in [-0.2, -0.15) is 13.2 Å². The molecule has 0 aliphatic carbocycles. The number of hydrogen-bond acceptors (Lipinski definition) is 4. The average Bonchev–Trinajstić information content (AvgIpc) is 2.59. The second-order valence-corrected chi connectivity index (χ2v) is 7.00. The van der Waals surface area contributed by atoms with E-state index in [1.54, 1.807) is 0 Å². The van der Waals surface area contributed by atoms with Crippen LogP contribution >= 0.6 is 0 Å². The molecule has 2 aromatic rings. The number of rotatable bonds is 6. The number of benzene rings is 2. The molecule has 0 aliphatic rings. The van der Waals surface area contributed by atoms with Gasteiger partial charge in [-0.05, 0) is 36.4 Å². The van der Waals surface area contributed by atoms with Crippen LogP contribution in [0.4, 0.5) is 18.9 Å². The number of sulfonamides is 1. The summed E-state index contributed by atoms with van der Waals surface area (Å²) in [4.78, 5) is 10.4. The van der Waals surface area contributed by atoms with E-state index in [1.807, 2.05) is 0 Å². The normalized spacial score (nSPS) is 11.8. The lowest BCUT2D eigenvalue weighted by molar-refractivity contribution is -0.139. The number of nitrogens with zero attached hydrogens (tertiary/aromatic N) is 1. The number of alkyl halides is 3. The number of carbonyl (C=O) groups excluding carboxylic acids is 1. The van der Waals surface area contributed by atoms with Crippen molar-refractivity contribution in [1.29, 1.82) is 0 Å². The number of halogens is 3. The first-order valence-electron chi connectivity index (χ1n) is 7.18. The van der Waals surface area contributed by atoms with Gasteiger partial charge in [0, 0.05) is 0 Å². The highest BCUT2D eigenvalue weighted by Gasteiger charge is 2.39. The second kappa shape index (κ2) is 7.24. The van der Waals surface area contributed by atoms with Crippen molar-refractivity contribution in [2.45, 2.75) is 11.1 Å². The first-order valence-corrected chi connectivity index (χ1v) is 8.62. The maximum atomic E-state index is 13.2. The minimum absolute atomic E-state index is 0.0263. The van der Waals surface area contributed by atoms with Crippen LogP contribution in [0.25, 0.3) is 0 Å². The third-order valence-electron chi connectivity index (χ3n) is 3.42. The van der Waals surface area contributed by atoms with E-state index < -0.39 is 39.1 Å². The Morgan fingerprint density at radius 1 is 1.12 bits per heavy atom. The maximum Gasteiger partial charge on any atom is 0.417 e. The summed E-state index contributed by atoms with van der Waals surface area (Å²) in [5.74, 6) is -0.616. The van der Waals surface area contributed by atoms with E-state index in [4.69, 9.17) is 10.5 Å². The smallest absolute Gasteiger partial charge is 0.417 e. The SMILES string of the molecule is COc1ccc(N(CC(N)=O)S(=O)(=O)c2ccccc2C(F)(F)F)cc1. The number of primary amides is 1. The summed E-state index contributed by atoms with van der Waals surface area (Å²) in [7, 11) is -3.32. The fourth-order valence-corrected chi connectivity index (χ4v) is 3.90. The lowest BCUT2D eigenvalue weighted by atomic mass is 10.2. The van der Waals surface area contributed by atoms with Crippen molar-refractivity contribution in [3.63, 3.8) is 0 Å². The minimum Gasteiger partial charge on any atom is -0.497 e. The summed E-state index contributed by atoms with van der Waals surface area (Å²) in [6, 6.07) is 9.15. The van der Waals surface area contributed by atoms with Crippen molar-refractivity contribution >= 4 is 21.6 Å². The molecule has 2 N–H and O–H groups in total. The number of amides is 1. The van der Waals surface area contributed by atoms with E-state index in [-0.39, 0.29) is 5.69 Å². The van der Waals surface area contributed by atoms with Crippen LogP contribution in [0.1, 0.15) is 5.56 Å². The minimum atomic E-state index is -4.89. The monoisotopic (exact) mass is 388 g/mol. The van der Waals surface area contributed by atoms with Crippen LogP contribution in [0.15, 0.2) is 53.4 Å². The molecule has 140 valence electrons. The maximum absolute atomic E-state index is 13.2. The molecule has 0 fully saturated rings. The molecule has 2 rings (SSSR count). The topological polar surface area (TPSA) is 89.7 Å². The van der Waals surface area contributed by atoms with Crippen molar-refractivity contribution in [3.05, 3.63) is 54.1 Å². The Balaban J connectivity index is 2.62. The molecular formula is C16H15F3N2O4S. The predicted molar refractivity (Wildman–Crippen MR) is 88.2 cm³/mol. The van der Waals surface area contributed by atoms with Crippen molar-refractivity contribution < 1.29 is 31.1 Å². The van der Waals surface area contributed by atoms with E-state index >= 15 is 0 Å². The fourth-order valence-electron chi connectivity index (χ4n) is 2.25. The van der Waals surface area contributed by atoms with Crippen LogP contribution in [-0.4, -0.2) is 28.0 Å². The highest BCUT2D eigenvalue weighted by atomic mass is 32.2. The van der Waals surface area contributed by atoms with Crippen LogP contribution in [0.2, 0.25) is 0 Å². The Morgan fingerprint density at radius 2 is 1.69 bits per heavy atom. The standard InChI is InChI=1S/C16H15F3N2O4S/c1-25-12-8-6-11(7-9-12)21(10-15(20)22)26(23,24)14-5-3-2-4-13(14)16(17,18)19/h2-9H,10H2,1H3,(H2,20,22). The Hall–Kier alpha value is -2.75. The molecule has 0 unspecified atom stereocenters. The molecule has 0 saturated heterocycles. The van der Waals surface area contributed by atoms with Crippen molar-refractivity contribution in [2.24, 2.45) is 5.73 Å². The molecule has 0 radical (unpaired) electrons.